The van der Waals surface area contributed by atoms with Crippen molar-refractivity contribution < 1.29 is 23.1 Å². The van der Waals surface area contributed by atoms with Crippen LogP contribution in [0.25, 0.3) is 0 Å². The number of fused-ring (bicyclic) bond motifs is 1. The fourth-order valence-electron chi connectivity index (χ4n) is 4.80. The topological polar surface area (TPSA) is 87.4 Å². The summed E-state index contributed by atoms with van der Waals surface area (Å²) in [4.78, 5) is 13.3. The summed E-state index contributed by atoms with van der Waals surface area (Å²) in [6, 6.07) is 13.8. The number of nitrogens with zero attached hydrogens (tertiary/aromatic N) is 1. The lowest BCUT2D eigenvalue weighted by Gasteiger charge is -2.29. The van der Waals surface area contributed by atoms with E-state index in [0.29, 0.717) is 34.0 Å². The largest absolute Gasteiger partial charge is 0.294 e. The lowest BCUT2D eigenvalue weighted by atomic mass is 9.75. The van der Waals surface area contributed by atoms with E-state index in [1.165, 1.54) is 0 Å². The molecule has 0 amide bonds. The van der Waals surface area contributed by atoms with Gasteiger partial charge in [0.05, 0.1) is 15.6 Å². The minimum atomic E-state index is -3.89. The van der Waals surface area contributed by atoms with E-state index in [-0.39, 0.29) is 34.4 Å². The van der Waals surface area contributed by atoms with Gasteiger partial charge in [-0.15, -0.1) is 0 Å². The number of sulfonamides is 1. The molecule has 0 fully saturated rings. The number of halogens is 1. The number of benzene rings is 2. The number of ketones is 1. The first-order valence-corrected chi connectivity index (χ1v) is 13.8. The molecule has 1 heterocycles. The number of aromatic nitrogens is 1. The van der Waals surface area contributed by atoms with Crippen LogP contribution >= 0.6 is 11.6 Å². The van der Waals surface area contributed by atoms with E-state index in [0.717, 1.165) is 15.9 Å². The van der Waals surface area contributed by atoms with Crippen LogP contribution < -0.4 is 9.45 Å². The van der Waals surface area contributed by atoms with Crippen molar-refractivity contribution >= 4 is 33.1 Å². The Bertz CT molecular complexity index is 1430. The molecule has 4 rings (SSSR count). The van der Waals surface area contributed by atoms with Crippen LogP contribution in [-0.4, -0.2) is 19.4 Å². The van der Waals surface area contributed by atoms with Crippen LogP contribution in [0.15, 0.2) is 59.6 Å². The number of rotatable bonds is 5. The minimum Gasteiger partial charge on any atom is -0.294 e. The first-order chi connectivity index (χ1) is 16.8. The van der Waals surface area contributed by atoms with Crippen LogP contribution in [-0.2, 0) is 21.9 Å². The Labute approximate surface area is 218 Å². The van der Waals surface area contributed by atoms with Crippen LogP contribution in [0.5, 0.6) is 0 Å². The van der Waals surface area contributed by atoms with Crippen molar-refractivity contribution in [1.82, 2.24) is 0 Å². The molecule has 1 aliphatic rings. The number of pyridine rings is 1. The van der Waals surface area contributed by atoms with Gasteiger partial charge in [-0.25, -0.2) is 8.42 Å². The van der Waals surface area contributed by atoms with Gasteiger partial charge in [-0.1, -0.05) is 51.4 Å². The fourth-order valence-corrected chi connectivity index (χ4v) is 6.18. The van der Waals surface area contributed by atoms with E-state index < -0.39 is 10.0 Å². The Kier molecular flexibility index (Phi) is 6.92. The van der Waals surface area contributed by atoms with Gasteiger partial charge in [0.2, 0.25) is 11.9 Å². The molecule has 3 aromatic rings. The van der Waals surface area contributed by atoms with E-state index in [9.17, 15) is 18.4 Å². The second-order valence-electron chi connectivity index (χ2n) is 10.7. The number of carbonyl (C=O) groups excluding carboxylic acids is 1. The second-order valence-corrected chi connectivity index (χ2v) is 12.8. The second kappa shape index (κ2) is 9.52. The third-order valence-corrected chi connectivity index (χ3v) is 8.71. The first-order valence-electron chi connectivity index (χ1n) is 12.0. The maximum absolute atomic E-state index is 13.3. The highest BCUT2D eigenvalue weighted by Crippen LogP contribution is 2.40. The number of nitrogens with one attached hydrogen (secondary N) is 1. The lowest BCUT2D eigenvalue weighted by Crippen LogP contribution is -2.39. The number of anilines is 1. The normalized spacial score (nSPS) is 16.9. The van der Waals surface area contributed by atoms with E-state index >= 15 is 0 Å². The molecular weight excluding hydrogens is 496 g/mol. The quantitative estimate of drug-likeness (QED) is 0.323. The molecule has 0 bridgehead atoms. The SMILES string of the molecule is Cc1ccc(C(C)C2CC(=O)c3c(Cl)ccc(NS(=O)(=O)c4ccc(C(C)(C)C)cc4)c3C2)[n+](O)c1. The summed E-state index contributed by atoms with van der Waals surface area (Å²) >= 11 is 6.40. The molecular formula is C28H32ClN2O4S+. The van der Waals surface area contributed by atoms with Crippen molar-refractivity contribution in [1.29, 1.82) is 0 Å². The molecule has 2 atom stereocenters. The summed E-state index contributed by atoms with van der Waals surface area (Å²) in [6.45, 7) is 10.1. The number of hydrogen-bond acceptors (Lipinski definition) is 4. The van der Waals surface area contributed by atoms with Crippen LogP contribution in [0.3, 0.4) is 0 Å². The maximum atomic E-state index is 13.3. The molecule has 2 unspecified atom stereocenters. The Hall–Kier alpha value is -2.90. The third kappa shape index (κ3) is 5.13. The lowest BCUT2D eigenvalue weighted by molar-refractivity contribution is -0.910. The standard InChI is InChI=1S/C28H32ClN2O4S/c1-17-6-13-25(31(33)16-17)18(2)19-14-22-24(12-11-23(29)27(22)26(32)15-19)30-36(34,35)21-9-7-20(8-10-21)28(3,4)5/h6-13,16,18-19,30,33H,14-15H2,1-5H3/q+1. The van der Waals surface area contributed by atoms with Gasteiger partial charge in [0, 0.05) is 34.3 Å². The van der Waals surface area contributed by atoms with Gasteiger partial charge >= 0.3 is 0 Å². The Morgan fingerprint density at radius 1 is 1.06 bits per heavy atom. The summed E-state index contributed by atoms with van der Waals surface area (Å²) in [5.74, 6) is -0.426. The molecule has 1 aromatic heterocycles. The summed E-state index contributed by atoms with van der Waals surface area (Å²) in [7, 11) is -3.89. The highest BCUT2D eigenvalue weighted by molar-refractivity contribution is 7.92. The minimum absolute atomic E-state index is 0.0960. The van der Waals surface area contributed by atoms with Crippen molar-refractivity contribution in [3.8, 4) is 0 Å². The molecule has 0 aliphatic heterocycles. The van der Waals surface area contributed by atoms with Gasteiger partial charge in [0.1, 0.15) is 0 Å². The highest BCUT2D eigenvalue weighted by Gasteiger charge is 2.36. The molecule has 2 N–H and O–H groups in total. The summed E-state index contributed by atoms with van der Waals surface area (Å²) in [5.41, 5.74) is 3.83. The zero-order chi connectivity index (χ0) is 26.4. The van der Waals surface area contributed by atoms with Gasteiger partial charge < -0.3 is 0 Å². The van der Waals surface area contributed by atoms with Crippen molar-refractivity contribution in [3.05, 3.63) is 87.7 Å². The maximum Gasteiger partial charge on any atom is 0.261 e. The van der Waals surface area contributed by atoms with Crippen LogP contribution in [0.1, 0.15) is 72.8 Å². The molecule has 8 heteroatoms. The fraction of sp³-hybridized carbons (Fsp3) is 0.357. The summed E-state index contributed by atoms with van der Waals surface area (Å²) in [6.07, 6.45) is 2.33. The van der Waals surface area contributed by atoms with Crippen LogP contribution in [0.2, 0.25) is 5.02 Å². The zero-order valence-electron chi connectivity index (χ0n) is 21.2. The molecule has 0 spiro atoms. The third-order valence-electron chi connectivity index (χ3n) is 7.01. The molecule has 36 heavy (non-hydrogen) atoms. The zero-order valence-corrected chi connectivity index (χ0v) is 22.7. The number of aryl methyl sites for hydroxylation is 1. The summed E-state index contributed by atoms with van der Waals surface area (Å²) in [5, 5.41) is 10.7. The molecule has 1 aliphatic carbocycles. The number of carbonyl (C=O) groups is 1. The smallest absolute Gasteiger partial charge is 0.261 e. The van der Waals surface area contributed by atoms with Crippen molar-refractivity contribution in [3.63, 3.8) is 0 Å². The van der Waals surface area contributed by atoms with Gasteiger partial charge in [-0.2, -0.15) is 0 Å². The Morgan fingerprint density at radius 3 is 2.33 bits per heavy atom. The monoisotopic (exact) mass is 527 g/mol. The highest BCUT2D eigenvalue weighted by atomic mass is 35.5. The average Bonchev–Trinajstić information content (AvgIpc) is 2.79. The molecule has 6 nitrogen and oxygen atoms in total. The molecule has 2 aromatic carbocycles. The Balaban J connectivity index is 1.68. The molecule has 0 saturated carbocycles. The van der Waals surface area contributed by atoms with E-state index in [1.54, 1.807) is 30.5 Å². The van der Waals surface area contributed by atoms with Crippen LogP contribution in [0.4, 0.5) is 5.69 Å². The molecule has 190 valence electrons. The van der Waals surface area contributed by atoms with Gasteiger partial charge in [-0.3, -0.25) is 14.7 Å². The van der Waals surface area contributed by atoms with E-state index in [1.807, 2.05) is 38.1 Å². The number of hydrogen-bond donors (Lipinski definition) is 2. The van der Waals surface area contributed by atoms with Crippen molar-refractivity contribution in [2.24, 2.45) is 5.92 Å². The van der Waals surface area contributed by atoms with E-state index in [4.69, 9.17) is 11.6 Å². The number of Topliss-reactive ketones (excluding diaryl/α,β-unsaturated/α-hetero) is 1. The Morgan fingerprint density at radius 2 is 1.72 bits per heavy atom. The van der Waals surface area contributed by atoms with Gasteiger partial charge in [0.25, 0.3) is 10.0 Å². The van der Waals surface area contributed by atoms with E-state index in [2.05, 4.69) is 25.5 Å². The average molecular weight is 528 g/mol. The van der Waals surface area contributed by atoms with Gasteiger partial charge in [-0.05, 0) is 66.1 Å². The molecule has 0 radical (unpaired) electrons. The van der Waals surface area contributed by atoms with Gasteiger partial charge in [0.15, 0.2) is 5.78 Å². The predicted octanol–water partition coefficient (Wildman–Crippen LogP) is 5.82. The van der Waals surface area contributed by atoms with Crippen LogP contribution in [0, 0.1) is 12.8 Å². The van der Waals surface area contributed by atoms with Crippen molar-refractivity contribution in [2.75, 3.05) is 4.72 Å². The summed E-state index contributed by atoms with van der Waals surface area (Å²) < 4.78 is 30.3. The first kappa shape index (κ1) is 26.2. The molecule has 0 saturated heterocycles. The van der Waals surface area contributed by atoms with Crippen molar-refractivity contribution in [2.45, 2.75) is 63.7 Å². The predicted molar refractivity (Wildman–Crippen MR) is 141 cm³/mol.